The van der Waals surface area contributed by atoms with E-state index in [0.29, 0.717) is 41.0 Å². The van der Waals surface area contributed by atoms with Gasteiger partial charge in [0.05, 0.1) is 16.2 Å². The van der Waals surface area contributed by atoms with Gasteiger partial charge in [-0.05, 0) is 64.3 Å². The van der Waals surface area contributed by atoms with Crippen molar-refractivity contribution in [2.75, 3.05) is 16.8 Å². The molecule has 4 rings (SSSR count). The summed E-state index contributed by atoms with van der Waals surface area (Å²) in [5.41, 5.74) is 2.63. The number of carbonyl (C=O) groups is 2. The molecule has 0 atom stereocenters. The lowest BCUT2D eigenvalue weighted by Crippen LogP contribution is -2.26. The molecule has 1 saturated heterocycles. The first-order valence-corrected chi connectivity index (χ1v) is 10.1. The van der Waals surface area contributed by atoms with Gasteiger partial charge in [0.2, 0.25) is 5.91 Å². The zero-order chi connectivity index (χ0) is 20.1. The number of benzene rings is 1. The Kier molecular flexibility index (Phi) is 4.70. The number of rotatable bonds is 4. The molecule has 148 valence electrons. The van der Waals surface area contributed by atoms with Crippen molar-refractivity contribution in [3.63, 3.8) is 0 Å². The summed E-state index contributed by atoms with van der Waals surface area (Å²) in [6, 6.07) is 7.14. The maximum Gasteiger partial charge on any atom is 0.276 e. The number of hydrogen-bond acceptors (Lipinski definition) is 3. The van der Waals surface area contributed by atoms with Gasteiger partial charge in [-0.1, -0.05) is 11.6 Å². The van der Waals surface area contributed by atoms with E-state index in [4.69, 9.17) is 11.6 Å². The normalized spacial score (nSPS) is 17.3. The van der Waals surface area contributed by atoms with E-state index in [2.05, 4.69) is 31.2 Å². The van der Waals surface area contributed by atoms with Crippen LogP contribution >= 0.6 is 11.6 Å². The minimum absolute atomic E-state index is 0.0824. The summed E-state index contributed by atoms with van der Waals surface area (Å²) in [6.07, 6.45) is 3.69. The van der Waals surface area contributed by atoms with Crippen LogP contribution in [-0.4, -0.2) is 28.1 Å². The van der Waals surface area contributed by atoms with Gasteiger partial charge in [0.25, 0.3) is 5.91 Å². The molecule has 2 heterocycles. The molecular formula is C21H25ClN4O2. The smallest absolute Gasteiger partial charge is 0.276 e. The average Bonchev–Trinajstić information content (AvgIpc) is 3.20. The largest absolute Gasteiger partial charge is 0.321 e. The second-order valence-corrected chi connectivity index (χ2v) is 8.99. The van der Waals surface area contributed by atoms with Crippen molar-refractivity contribution in [2.24, 2.45) is 0 Å². The molecule has 1 saturated carbocycles. The van der Waals surface area contributed by atoms with Crippen LogP contribution in [0, 0.1) is 0 Å². The molecule has 2 aromatic rings. The molecule has 0 radical (unpaired) electrons. The number of nitrogens with zero attached hydrogens (tertiary/aromatic N) is 3. The van der Waals surface area contributed by atoms with Crippen molar-refractivity contribution in [3.05, 3.63) is 40.7 Å². The van der Waals surface area contributed by atoms with E-state index in [1.807, 2.05) is 10.7 Å². The molecule has 1 aliphatic heterocycles. The highest BCUT2D eigenvalue weighted by Crippen LogP contribution is 2.41. The highest BCUT2D eigenvalue weighted by molar-refractivity contribution is 6.34. The zero-order valence-electron chi connectivity index (χ0n) is 16.5. The fourth-order valence-corrected chi connectivity index (χ4v) is 3.90. The second kappa shape index (κ2) is 6.92. The van der Waals surface area contributed by atoms with Crippen molar-refractivity contribution in [1.29, 1.82) is 0 Å². The minimum Gasteiger partial charge on any atom is -0.321 e. The SMILES string of the molecule is CC(C)(C)n1nc(C(=O)Nc2ccc(N3CCCC3=O)c(Cl)c2)cc1C1CC1. The van der Waals surface area contributed by atoms with Gasteiger partial charge in [-0.25, -0.2) is 0 Å². The number of anilines is 2. The number of carbonyl (C=O) groups excluding carboxylic acids is 2. The van der Waals surface area contributed by atoms with Crippen LogP contribution in [0.5, 0.6) is 0 Å². The minimum atomic E-state index is -0.258. The van der Waals surface area contributed by atoms with Crippen LogP contribution in [0.15, 0.2) is 24.3 Å². The predicted molar refractivity (Wildman–Crippen MR) is 110 cm³/mol. The Balaban J connectivity index is 1.54. The molecule has 1 aromatic carbocycles. The molecular weight excluding hydrogens is 376 g/mol. The van der Waals surface area contributed by atoms with E-state index >= 15 is 0 Å². The Morgan fingerprint density at radius 3 is 2.57 bits per heavy atom. The summed E-state index contributed by atoms with van der Waals surface area (Å²) in [4.78, 5) is 26.4. The molecule has 2 fully saturated rings. The Morgan fingerprint density at radius 1 is 1.25 bits per heavy atom. The Bertz CT molecular complexity index is 940. The molecule has 0 unspecified atom stereocenters. The van der Waals surface area contributed by atoms with Crippen molar-refractivity contribution in [3.8, 4) is 0 Å². The standard InChI is InChI=1S/C21H25ClN4O2/c1-21(2,3)26-18(13-6-7-13)12-16(24-26)20(28)23-14-8-9-17(15(22)11-14)25-10-4-5-19(25)27/h8-9,11-13H,4-7,10H2,1-3H3,(H,23,28). The Hall–Kier alpha value is -2.34. The fraction of sp³-hybridized carbons (Fsp3) is 0.476. The van der Waals surface area contributed by atoms with E-state index in [-0.39, 0.29) is 17.4 Å². The molecule has 2 amide bonds. The topological polar surface area (TPSA) is 67.2 Å². The summed E-state index contributed by atoms with van der Waals surface area (Å²) in [5, 5.41) is 7.90. The summed E-state index contributed by atoms with van der Waals surface area (Å²) >= 11 is 6.38. The van der Waals surface area contributed by atoms with Gasteiger partial charge < -0.3 is 10.2 Å². The van der Waals surface area contributed by atoms with E-state index < -0.39 is 0 Å². The highest BCUT2D eigenvalue weighted by Gasteiger charge is 2.32. The van der Waals surface area contributed by atoms with Crippen LogP contribution in [0.1, 0.15) is 68.6 Å². The Morgan fingerprint density at radius 2 is 2.00 bits per heavy atom. The van der Waals surface area contributed by atoms with Gasteiger partial charge in [-0.15, -0.1) is 0 Å². The number of halogens is 1. The Labute approximate surface area is 169 Å². The number of hydrogen-bond donors (Lipinski definition) is 1. The number of amides is 2. The van der Waals surface area contributed by atoms with Crippen LogP contribution in [-0.2, 0) is 10.3 Å². The first-order valence-electron chi connectivity index (χ1n) is 9.76. The molecule has 1 aliphatic carbocycles. The quantitative estimate of drug-likeness (QED) is 0.818. The molecule has 1 aromatic heterocycles. The van der Waals surface area contributed by atoms with Gasteiger partial charge in [0, 0.05) is 30.3 Å². The van der Waals surface area contributed by atoms with E-state index in [1.165, 1.54) is 0 Å². The first-order chi connectivity index (χ1) is 13.2. The molecule has 28 heavy (non-hydrogen) atoms. The average molecular weight is 401 g/mol. The van der Waals surface area contributed by atoms with Gasteiger partial charge in [0.15, 0.2) is 5.69 Å². The van der Waals surface area contributed by atoms with Crippen molar-refractivity contribution < 1.29 is 9.59 Å². The second-order valence-electron chi connectivity index (χ2n) is 8.58. The summed E-state index contributed by atoms with van der Waals surface area (Å²) in [6.45, 7) is 6.95. The molecule has 0 spiro atoms. The van der Waals surface area contributed by atoms with Gasteiger partial charge in [-0.2, -0.15) is 5.10 Å². The maximum absolute atomic E-state index is 12.8. The number of nitrogens with one attached hydrogen (secondary N) is 1. The third-order valence-corrected chi connectivity index (χ3v) is 5.47. The van der Waals surface area contributed by atoms with E-state index in [9.17, 15) is 9.59 Å². The molecule has 0 bridgehead atoms. The van der Waals surface area contributed by atoms with Crippen LogP contribution in [0.3, 0.4) is 0 Å². The van der Waals surface area contributed by atoms with Gasteiger partial charge in [0.1, 0.15) is 0 Å². The first kappa shape index (κ1) is 19.0. The lowest BCUT2D eigenvalue weighted by molar-refractivity contribution is -0.117. The monoisotopic (exact) mass is 400 g/mol. The zero-order valence-corrected chi connectivity index (χ0v) is 17.2. The predicted octanol–water partition coefficient (Wildman–Crippen LogP) is 4.55. The third kappa shape index (κ3) is 3.65. The van der Waals surface area contributed by atoms with Gasteiger partial charge in [-0.3, -0.25) is 14.3 Å². The molecule has 6 nitrogen and oxygen atoms in total. The van der Waals surface area contributed by atoms with Gasteiger partial charge >= 0.3 is 0 Å². The lowest BCUT2D eigenvalue weighted by Gasteiger charge is -2.22. The van der Waals surface area contributed by atoms with Crippen LogP contribution in [0.4, 0.5) is 11.4 Å². The maximum atomic E-state index is 12.8. The van der Waals surface area contributed by atoms with Crippen molar-refractivity contribution in [1.82, 2.24) is 9.78 Å². The van der Waals surface area contributed by atoms with Crippen LogP contribution < -0.4 is 10.2 Å². The summed E-state index contributed by atoms with van der Waals surface area (Å²) in [5.74, 6) is 0.324. The highest BCUT2D eigenvalue weighted by atomic mass is 35.5. The molecule has 2 aliphatic rings. The number of aromatic nitrogens is 2. The summed E-state index contributed by atoms with van der Waals surface area (Å²) < 4.78 is 1.97. The van der Waals surface area contributed by atoms with Crippen LogP contribution in [0.25, 0.3) is 0 Å². The van der Waals surface area contributed by atoms with Crippen molar-refractivity contribution >= 4 is 34.8 Å². The molecule has 7 heteroatoms. The third-order valence-electron chi connectivity index (χ3n) is 5.17. The summed E-state index contributed by atoms with van der Waals surface area (Å²) in [7, 11) is 0. The van der Waals surface area contributed by atoms with E-state index in [1.54, 1.807) is 23.1 Å². The molecule has 1 N–H and O–H groups in total. The van der Waals surface area contributed by atoms with Crippen molar-refractivity contribution in [2.45, 2.75) is 57.9 Å². The van der Waals surface area contributed by atoms with Crippen LogP contribution in [0.2, 0.25) is 5.02 Å². The van der Waals surface area contributed by atoms with E-state index in [0.717, 1.165) is 25.0 Å². The lowest BCUT2D eigenvalue weighted by atomic mass is 10.1. The fourth-order valence-electron chi connectivity index (χ4n) is 3.62.